The molecule has 2 aromatic carbocycles. The van der Waals surface area contributed by atoms with Crippen LogP contribution in [0.25, 0.3) is 0 Å². The fourth-order valence-corrected chi connectivity index (χ4v) is 3.93. The fraction of sp³-hybridized carbons (Fsp3) is 0.455. The molecule has 26 heavy (non-hydrogen) atoms. The van der Waals surface area contributed by atoms with Crippen molar-refractivity contribution in [2.24, 2.45) is 5.73 Å². The third-order valence-electron chi connectivity index (χ3n) is 5.10. The van der Waals surface area contributed by atoms with Crippen molar-refractivity contribution in [1.29, 1.82) is 0 Å². The number of benzene rings is 2. The molecule has 3 rings (SSSR count). The molecule has 1 aliphatic rings. The van der Waals surface area contributed by atoms with Crippen molar-refractivity contribution in [1.82, 2.24) is 4.90 Å². The maximum atomic E-state index is 6.58. The number of hydrogen-bond acceptors (Lipinski definition) is 4. The Morgan fingerprint density at radius 2 is 1.54 bits per heavy atom. The summed E-state index contributed by atoms with van der Waals surface area (Å²) in [5.41, 5.74) is 9.15. The van der Waals surface area contributed by atoms with Gasteiger partial charge in [0.2, 0.25) is 0 Å². The van der Waals surface area contributed by atoms with E-state index in [2.05, 4.69) is 65.6 Å². The standard InChI is InChI=1S/C22H30N2O2/c1-3-25-22(26-4-2)15-20(19-13-9-6-10-14-19)24(17-21(22)23)16-18-11-7-5-8-12-18/h5-14,20-21H,3-4,15-17,23H2,1-2H3/t20-,21+/m0/s1. The van der Waals surface area contributed by atoms with E-state index in [0.29, 0.717) is 13.2 Å². The lowest BCUT2D eigenvalue weighted by atomic mass is 9.87. The van der Waals surface area contributed by atoms with Gasteiger partial charge in [0.1, 0.15) is 0 Å². The summed E-state index contributed by atoms with van der Waals surface area (Å²) in [7, 11) is 0. The van der Waals surface area contributed by atoms with Crippen LogP contribution in [0.2, 0.25) is 0 Å². The van der Waals surface area contributed by atoms with Gasteiger partial charge in [-0.25, -0.2) is 0 Å². The van der Waals surface area contributed by atoms with Crippen LogP contribution in [0.1, 0.15) is 37.4 Å². The molecule has 0 bridgehead atoms. The van der Waals surface area contributed by atoms with Gasteiger partial charge in [-0.1, -0.05) is 60.7 Å². The van der Waals surface area contributed by atoms with Gasteiger partial charge in [-0.05, 0) is 25.0 Å². The van der Waals surface area contributed by atoms with Gasteiger partial charge < -0.3 is 15.2 Å². The second kappa shape index (κ2) is 8.78. The third-order valence-corrected chi connectivity index (χ3v) is 5.10. The molecule has 0 spiro atoms. The maximum absolute atomic E-state index is 6.58. The molecule has 2 atom stereocenters. The van der Waals surface area contributed by atoms with E-state index in [9.17, 15) is 0 Å². The number of piperidine rings is 1. The van der Waals surface area contributed by atoms with Crippen molar-refractivity contribution >= 4 is 0 Å². The van der Waals surface area contributed by atoms with Crippen LogP contribution in [0.5, 0.6) is 0 Å². The van der Waals surface area contributed by atoms with Crippen molar-refractivity contribution in [2.75, 3.05) is 19.8 Å². The summed E-state index contributed by atoms with van der Waals surface area (Å²) in [6, 6.07) is 21.2. The Morgan fingerprint density at radius 3 is 2.12 bits per heavy atom. The Morgan fingerprint density at radius 1 is 0.962 bits per heavy atom. The van der Waals surface area contributed by atoms with Gasteiger partial charge >= 0.3 is 0 Å². The van der Waals surface area contributed by atoms with Gasteiger partial charge in [0.15, 0.2) is 5.79 Å². The Hall–Kier alpha value is -1.72. The largest absolute Gasteiger partial charge is 0.349 e. The molecule has 0 amide bonds. The summed E-state index contributed by atoms with van der Waals surface area (Å²) < 4.78 is 12.2. The SMILES string of the molecule is CCOC1(OCC)C[C@@H](c2ccccc2)N(Cc2ccccc2)C[C@H]1N. The number of hydrogen-bond donors (Lipinski definition) is 1. The first-order chi connectivity index (χ1) is 12.7. The topological polar surface area (TPSA) is 47.7 Å². The van der Waals surface area contributed by atoms with Crippen LogP contribution in [0.3, 0.4) is 0 Å². The van der Waals surface area contributed by atoms with Crippen molar-refractivity contribution in [3.8, 4) is 0 Å². The zero-order chi connectivity index (χ0) is 18.4. The molecule has 2 N–H and O–H groups in total. The summed E-state index contributed by atoms with van der Waals surface area (Å²) in [4.78, 5) is 2.45. The van der Waals surface area contributed by atoms with E-state index in [1.165, 1.54) is 11.1 Å². The predicted octanol–water partition coefficient (Wildman–Crippen LogP) is 3.73. The average Bonchev–Trinajstić information content (AvgIpc) is 2.66. The maximum Gasteiger partial charge on any atom is 0.186 e. The lowest BCUT2D eigenvalue weighted by molar-refractivity contribution is -0.271. The van der Waals surface area contributed by atoms with E-state index in [1.807, 2.05) is 13.8 Å². The minimum atomic E-state index is -0.725. The van der Waals surface area contributed by atoms with Gasteiger partial charge in [-0.15, -0.1) is 0 Å². The normalized spacial score (nSPS) is 23.0. The fourth-order valence-electron chi connectivity index (χ4n) is 3.93. The lowest BCUT2D eigenvalue weighted by Crippen LogP contribution is -2.62. The van der Waals surface area contributed by atoms with E-state index in [-0.39, 0.29) is 12.1 Å². The number of nitrogens with zero attached hydrogens (tertiary/aromatic N) is 1. The number of ether oxygens (including phenoxy) is 2. The first-order valence-corrected chi connectivity index (χ1v) is 9.55. The van der Waals surface area contributed by atoms with E-state index < -0.39 is 5.79 Å². The highest BCUT2D eigenvalue weighted by Crippen LogP contribution is 2.39. The molecule has 1 fully saturated rings. The van der Waals surface area contributed by atoms with Crippen LogP contribution in [0, 0.1) is 0 Å². The second-order valence-corrected chi connectivity index (χ2v) is 6.83. The lowest BCUT2D eigenvalue weighted by Gasteiger charge is -2.49. The summed E-state index contributed by atoms with van der Waals surface area (Å²) in [6.45, 7) is 6.78. The van der Waals surface area contributed by atoms with Gasteiger partial charge in [0, 0.05) is 38.8 Å². The molecule has 0 radical (unpaired) electrons. The van der Waals surface area contributed by atoms with E-state index in [0.717, 1.165) is 19.5 Å². The van der Waals surface area contributed by atoms with Crippen molar-refractivity contribution in [3.05, 3.63) is 71.8 Å². The van der Waals surface area contributed by atoms with Crippen LogP contribution in [0.4, 0.5) is 0 Å². The monoisotopic (exact) mass is 354 g/mol. The Bertz CT molecular complexity index is 656. The van der Waals surface area contributed by atoms with Crippen molar-refractivity contribution < 1.29 is 9.47 Å². The zero-order valence-corrected chi connectivity index (χ0v) is 15.8. The van der Waals surface area contributed by atoms with Crippen LogP contribution in [-0.2, 0) is 16.0 Å². The molecule has 4 nitrogen and oxygen atoms in total. The molecule has 1 heterocycles. The zero-order valence-electron chi connectivity index (χ0n) is 15.8. The van der Waals surface area contributed by atoms with Crippen LogP contribution >= 0.6 is 0 Å². The molecular weight excluding hydrogens is 324 g/mol. The Balaban J connectivity index is 1.91. The van der Waals surface area contributed by atoms with Gasteiger partial charge in [-0.2, -0.15) is 0 Å². The highest BCUT2D eigenvalue weighted by atomic mass is 16.7. The third kappa shape index (κ3) is 4.15. The molecule has 4 heteroatoms. The minimum Gasteiger partial charge on any atom is -0.349 e. The van der Waals surface area contributed by atoms with Crippen molar-refractivity contribution in [2.45, 2.75) is 44.7 Å². The van der Waals surface area contributed by atoms with Gasteiger partial charge in [0.25, 0.3) is 0 Å². The molecule has 1 saturated heterocycles. The van der Waals surface area contributed by atoms with E-state index >= 15 is 0 Å². The van der Waals surface area contributed by atoms with E-state index in [4.69, 9.17) is 15.2 Å². The van der Waals surface area contributed by atoms with Gasteiger partial charge in [-0.3, -0.25) is 4.90 Å². The smallest absolute Gasteiger partial charge is 0.186 e. The number of rotatable bonds is 7. The molecular formula is C22H30N2O2. The minimum absolute atomic E-state index is 0.189. The summed E-state index contributed by atoms with van der Waals surface area (Å²) >= 11 is 0. The second-order valence-electron chi connectivity index (χ2n) is 6.83. The van der Waals surface area contributed by atoms with Crippen LogP contribution in [-0.4, -0.2) is 36.5 Å². The van der Waals surface area contributed by atoms with Crippen molar-refractivity contribution in [3.63, 3.8) is 0 Å². The summed E-state index contributed by atoms with van der Waals surface area (Å²) in [5, 5.41) is 0. The van der Waals surface area contributed by atoms with E-state index in [1.54, 1.807) is 0 Å². The summed E-state index contributed by atoms with van der Waals surface area (Å²) in [6.07, 6.45) is 0.729. The highest BCUT2D eigenvalue weighted by Gasteiger charge is 2.47. The number of nitrogens with two attached hydrogens (primary N) is 1. The first kappa shape index (κ1) is 19.1. The molecule has 0 aromatic heterocycles. The highest BCUT2D eigenvalue weighted by molar-refractivity contribution is 5.22. The molecule has 2 aromatic rings. The molecule has 140 valence electrons. The summed E-state index contributed by atoms with van der Waals surface area (Å²) in [5.74, 6) is -0.725. The molecule has 0 unspecified atom stereocenters. The Kier molecular flexibility index (Phi) is 6.43. The molecule has 0 saturated carbocycles. The number of likely N-dealkylation sites (tertiary alicyclic amines) is 1. The molecule has 1 aliphatic heterocycles. The Labute approximate surface area is 156 Å². The first-order valence-electron chi connectivity index (χ1n) is 9.55. The predicted molar refractivity (Wildman–Crippen MR) is 105 cm³/mol. The quantitative estimate of drug-likeness (QED) is 0.770. The van der Waals surface area contributed by atoms with Crippen LogP contribution < -0.4 is 5.73 Å². The molecule has 0 aliphatic carbocycles. The average molecular weight is 354 g/mol. The van der Waals surface area contributed by atoms with Gasteiger partial charge in [0.05, 0.1) is 6.04 Å². The van der Waals surface area contributed by atoms with Crippen LogP contribution in [0.15, 0.2) is 60.7 Å².